The Morgan fingerprint density at radius 2 is 1.95 bits per heavy atom. The van der Waals surface area contributed by atoms with Gasteiger partial charge in [0.15, 0.2) is 11.5 Å². The van der Waals surface area contributed by atoms with Crippen molar-refractivity contribution in [3.05, 3.63) is 23.3 Å². The number of halogens is 1. The fourth-order valence-electron chi connectivity index (χ4n) is 2.05. The third kappa shape index (κ3) is 4.11. The van der Waals surface area contributed by atoms with Gasteiger partial charge in [0, 0.05) is 12.0 Å². The third-order valence-corrected chi connectivity index (χ3v) is 3.04. The van der Waals surface area contributed by atoms with Crippen molar-refractivity contribution in [1.29, 1.82) is 0 Å². The van der Waals surface area contributed by atoms with E-state index in [9.17, 15) is 9.18 Å². The first-order valence-electron chi connectivity index (χ1n) is 6.45. The Balaban J connectivity index is 3.12. The summed E-state index contributed by atoms with van der Waals surface area (Å²) in [7, 11) is 2.96. The SMILES string of the molecule is COc1cc(CCCC(=O)O)cc(C(C)(C)F)c1OC. The second kappa shape index (κ2) is 6.59. The van der Waals surface area contributed by atoms with Gasteiger partial charge in [0.05, 0.1) is 14.2 Å². The molecule has 0 saturated carbocycles. The van der Waals surface area contributed by atoms with Crippen LogP contribution >= 0.6 is 0 Å². The number of aliphatic carboxylic acids is 1. The molecule has 1 rings (SSSR count). The number of methoxy groups -OCH3 is 2. The van der Waals surface area contributed by atoms with E-state index in [0.29, 0.717) is 29.9 Å². The fraction of sp³-hybridized carbons (Fsp3) is 0.533. The van der Waals surface area contributed by atoms with Crippen LogP contribution in [0.1, 0.15) is 37.8 Å². The second-order valence-electron chi connectivity index (χ2n) is 5.10. The van der Waals surface area contributed by atoms with Gasteiger partial charge in [-0.2, -0.15) is 0 Å². The highest BCUT2D eigenvalue weighted by molar-refractivity contribution is 5.66. The van der Waals surface area contributed by atoms with Gasteiger partial charge in [0.1, 0.15) is 5.67 Å². The van der Waals surface area contributed by atoms with E-state index in [4.69, 9.17) is 14.6 Å². The quantitative estimate of drug-likeness (QED) is 0.834. The highest BCUT2D eigenvalue weighted by Crippen LogP contribution is 2.40. The van der Waals surface area contributed by atoms with E-state index in [1.807, 2.05) is 0 Å². The van der Waals surface area contributed by atoms with E-state index in [0.717, 1.165) is 5.56 Å². The lowest BCUT2D eigenvalue weighted by Gasteiger charge is -2.21. The van der Waals surface area contributed by atoms with E-state index in [1.54, 1.807) is 12.1 Å². The molecule has 0 amide bonds. The number of benzene rings is 1. The zero-order chi connectivity index (χ0) is 15.3. The molecule has 0 aliphatic rings. The van der Waals surface area contributed by atoms with Crippen LogP contribution in [0, 0.1) is 0 Å². The Kier molecular flexibility index (Phi) is 5.36. The number of carboxylic acids is 1. The highest BCUT2D eigenvalue weighted by atomic mass is 19.1. The van der Waals surface area contributed by atoms with Crippen molar-refractivity contribution in [2.45, 2.75) is 38.8 Å². The summed E-state index contributed by atoms with van der Waals surface area (Å²) in [6.07, 6.45) is 1.13. The molecule has 0 radical (unpaired) electrons. The topological polar surface area (TPSA) is 55.8 Å². The number of hydrogen-bond donors (Lipinski definition) is 1. The third-order valence-electron chi connectivity index (χ3n) is 3.04. The first kappa shape index (κ1) is 16.3. The number of carboxylic acid groups (broad SMARTS) is 1. The van der Waals surface area contributed by atoms with Crippen molar-refractivity contribution in [2.24, 2.45) is 0 Å². The summed E-state index contributed by atoms with van der Waals surface area (Å²) in [6.45, 7) is 2.90. The van der Waals surface area contributed by atoms with Crippen molar-refractivity contribution < 1.29 is 23.8 Å². The molecule has 0 aromatic heterocycles. The summed E-state index contributed by atoms with van der Waals surface area (Å²) in [5, 5.41) is 8.65. The highest BCUT2D eigenvalue weighted by Gasteiger charge is 2.26. The predicted molar refractivity (Wildman–Crippen MR) is 74.3 cm³/mol. The van der Waals surface area contributed by atoms with Gasteiger partial charge in [-0.1, -0.05) is 0 Å². The Hall–Kier alpha value is -1.78. The number of hydrogen-bond acceptors (Lipinski definition) is 3. The van der Waals surface area contributed by atoms with Gasteiger partial charge < -0.3 is 14.6 Å². The second-order valence-corrected chi connectivity index (χ2v) is 5.10. The standard InChI is InChI=1S/C15H21FO4/c1-15(2,16)11-8-10(6-5-7-13(17)18)9-12(19-3)14(11)20-4/h8-9H,5-7H2,1-4H3,(H,17,18). The van der Waals surface area contributed by atoms with Gasteiger partial charge in [-0.3, -0.25) is 4.79 Å². The Morgan fingerprint density at radius 1 is 1.30 bits per heavy atom. The molecule has 0 atom stereocenters. The van der Waals surface area contributed by atoms with Gasteiger partial charge in [-0.15, -0.1) is 0 Å². The Labute approximate surface area is 118 Å². The van der Waals surface area contributed by atoms with Gasteiger partial charge in [-0.25, -0.2) is 4.39 Å². The van der Waals surface area contributed by atoms with E-state index in [1.165, 1.54) is 28.1 Å². The summed E-state index contributed by atoms with van der Waals surface area (Å²) in [5.41, 5.74) is -0.323. The van der Waals surface area contributed by atoms with Gasteiger partial charge >= 0.3 is 5.97 Å². The van der Waals surface area contributed by atoms with Crippen LogP contribution in [0.15, 0.2) is 12.1 Å². The molecule has 0 fully saturated rings. The fourth-order valence-corrected chi connectivity index (χ4v) is 2.05. The molecule has 1 aromatic carbocycles. The van der Waals surface area contributed by atoms with E-state index >= 15 is 0 Å². The summed E-state index contributed by atoms with van der Waals surface area (Å²) in [6, 6.07) is 3.47. The van der Waals surface area contributed by atoms with Crippen LogP contribution in [0.25, 0.3) is 0 Å². The Morgan fingerprint density at radius 3 is 2.40 bits per heavy atom. The minimum Gasteiger partial charge on any atom is -0.493 e. The maximum absolute atomic E-state index is 14.3. The summed E-state index contributed by atoms with van der Waals surface area (Å²) in [5.74, 6) is -0.000411. The van der Waals surface area contributed by atoms with Crippen molar-refractivity contribution in [3.8, 4) is 11.5 Å². The minimum absolute atomic E-state index is 0.0860. The lowest BCUT2D eigenvalue weighted by atomic mass is 9.94. The largest absolute Gasteiger partial charge is 0.493 e. The predicted octanol–water partition coefficient (Wildman–Crippen LogP) is 3.32. The van der Waals surface area contributed by atoms with Crippen molar-refractivity contribution in [2.75, 3.05) is 14.2 Å². The van der Waals surface area contributed by atoms with E-state index < -0.39 is 11.6 Å². The zero-order valence-electron chi connectivity index (χ0n) is 12.3. The average Bonchev–Trinajstić information content (AvgIpc) is 2.36. The van der Waals surface area contributed by atoms with Gasteiger partial charge in [0.25, 0.3) is 0 Å². The molecule has 0 unspecified atom stereocenters. The molecule has 0 heterocycles. The summed E-state index contributed by atoms with van der Waals surface area (Å²) >= 11 is 0. The van der Waals surface area contributed by atoms with Crippen molar-refractivity contribution >= 4 is 5.97 Å². The number of alkyl halides is 1. The van der Waals surface area contributed by atoms with Crippen LogP contribution < -0.4 is 9.47 Å². The molecular weight excluding hydrogens is 263 g/mol. The summed E-state index contributed by atoms with van der Waals surface area (Å²) < 4.78 is 24.8. The molecule has 1 N–H and O–H groups in total. The average molecular weight is 284 g/mol. The molecule has 5 heteroatoms. The molecule has 0 aliphatic carbocycles. The number of ether oxygens (including phenoxy) is 2. The minimum atomic E-state index is -1.57. The van der Waals surface area contributed by atoms with Gasteiger partial charge in [0.2, 0.25) is 0 Å². The Bertz CT molecular complexity index is 477. The first-order chi connectivity index (χ1) is 9.29. The maximum atomic E-state index is 14.3. The molecular formula is C15H21FO4. The molecule has 1 aromatic rings. The van der Waals surface area contributed by atoms with Crippen LogP contribution in [0.4, 0.5) is 4.39 Å². The molecule has 20 heavy (non-hydrogen) atoms. The number of aryl methyl sites for hydroxylation is 1. The van der Waals surface area contributed by atoms with E-state index in [2.05, 4.69) is 0 Å². The van der Waals surface area contributed by atoms with Crippen LogP contribution in [-0.2, 0) is 16.9 Å². The molecule has 0 saturated heterocycles. The normalized spacial score (nSPS) is 11.2. The van der Waals surface area contributed by atoms with Crippen molar-refractivity contribution in [1.82, 2.24) is 0 Å². The molecule has 0 spiro atoms. The number of carbonyl (C=O) groups is 1. The van der Waals surface area contributed by atoms with Crippen LogP contribution in [-0.4, -0.2) is 25.3 Å². The van der Waals surface area contributed by atoms with Crippen LogP contribution in [0.5, 0.6) is 11.5 Å². The maximum Gasteiger partial charge on any atom is 0.303 e. The van der Waals surface area contributed by atoms with Crippen molar-refractivity contribution in [3.63, 3.8) is 0 Å². The van der Waals surface area contributed by atoms with Gasteiger partial charge in [-0.05, 0) is 44.4 Å². The molecule has 0 bridgehead atoms. The molecule has 112 valence electrons. The zero-order valence-corrected chi connectivity index (χ0v) is 12.3. The lowest BCUT2D eigenvalue weighted by molar-refractivity contribution is -0.137. The lowest BCUT2D eigenvalue weighted by Crippen LogP contribution is -2.12. The monoisotopic (exact) mass is 284 g/mol. The first-order valence-corrected chi connectivity index (χ1v) is 6.45. The number of rotatable bonds is 7. The van der Waals surface area contributed by atoms with E-state index in [-0.39, 0.29) is 6.42 Å². The molecule has 0 aliphatic heterocycles. The smallest absolute Gasteiger partial charge is 0.303 e. The summed E-state index contributed by atoms with van der Waals surface area (Å²) in [4.78, 5) is 10.5. The molecule has 4 nitrogen and oxygen atoms in total. The van der Waals surface area contributed by atoms with Crippen LogP contribution in [0.2, 0.25) is 0 Å². The van der Waals surface area contributed by atoms with Crippen LogP contribution in [0.3, 0.4) is 0 Å².